The molecule has 0 unspecified atom stereocenters. The molecule has 1 aromatic carbocycles. The quantitative estimate of drug-likeness (QED) is 0.822. The van der Waals surface area contributed by atoms with Crippen LogP contribution in [0.1, 0.15) is 25.0 Å². The Morgan fingerprint density at radius 3 is 2.73 bits per heavy atom. The molecule has 1 rings (SSSR count). The predicted octanol–water partition coefficient (Wildman–Crippen LogP) is 3.66. The molecule has 1 N–H and O–H groups in total. The molecule has 0 aliphatic carbocycles. The first-order chi connectivity index (χ1) is 7.09. The van der Waals surface area contributed by atoms with E-state index in [-0.39, 0.29) is 0 Å². The molecule has 82 valence electrons. The van der Waals surface area contributed by atoms with Crippen LogP contribution in [0.15, 0.2) is 24.3 Å². The molecular formula is C13H18ClN. The second-order valence-corrected chi connectivity index (χ2v) is 4.38. The maximum Gasteiger partial charge on any atom is 0.0441 e. The van der Waals surface area contributed by atoms with E-state index in [9.17, 15) is 0 Å². The highest BCUT2D eigenvalue weighted by atomic mass is 35.5. The van der Waals surface area contributed by atoms with Crippen LogP contribution in [-0.2, 0) is 0 Å². The summed E-state index contributed by atoms with van der Waals surface area (Å²) >= 11 is 6.03. The maximum absolute atomic E-state index is 6.03. The fourth-order valence-electron chi connectivity index (χ4n) is 1.21. The maximum atomic E-state index is 6.03. The highest BCUT2D eigenvalue weighted by Gasteiger charge is 1.94. The average Bonchev–Trinajstić information content (AvgIpc) is 2.18. The summed E-state index contributed by atoms with van der Waals surface area (Å²) in [5.74, 6) is 0. The van der Waals surface area contributed by atoms with Crippen molar-refractivity contribution in [2.45, 2.75) is 26.8 Å². The van der Waals surface area contributed by atoms with Crippen LogP contribution in [0.4, 0.5) is 0 Å². The third-order valence-electron chi connectivity index (χ3n) is 2.15. The molecule has 0 radical (unpaired) electrons. The Hall–Kier alpha value is -0.790. The van der Waals surface area contributed by atoms with Gasteiger partial charge in [-0.05, 0) is 24.1 Å². The summed E-state index contributed by atoms with van der Waals surface area (Å²) in [6, 6.07) is 6.63. The van der Waals surface area contributed by atoms with Gasteiger partial charge in [0.05, 0.1) is 0 Å². The molecule has 15 heavy (non-hydrogen) atoms. The van der Waals surface area contributed by atoms with E-state index >= 15 is 0 Å². The number of hydrogen-bond acceptors (Lipinski definition) is 1. The van der Waals surface area contributed by atoms with Crippen molar-refractivity contribution >= 4 is 17.7 Å². The van der Waals surface area contributed by atoms with E-state index in [1.807, 2.05) is 19.1 Å². The van der Waals surface area contributed by atoms with E-state index in [1.165, 1.54) is 0 Å². The Morgan fingerprint density at radius 1 is 1.40 bits per heavy atom. The number of benzene rings is 1. The standard InChI is InChI=1S/C13H18ClN/c1-10(2)15-8-4-5-12-7-6-11(3)13(14)9-12/h4-7,9-10,15H,8H2,1-3H3/b5-4+. The van der Waals surface area contributed by atoms with E-state index in [4.69, 9.17) is 11.6 Å². The SMILES string of the molecule is Cc1ccc(/C=C/CNC(C)C)cc1Cl. The Morgan fingerprint density at radius 2 is 2.13 bits per heavy atom. The Kier molecular flexibility index (Phi) is 4.86. The summed E-state index contributed by atoms with van der Waals surface area (Å²) in [7, 11) is 0. The van der Waals surface area contributed by atoms with Crippen molar-refractivity contribution in [1.82, 2.24) is 5.32 Å². The summed E-state index contributed by atoms with van der Waals surface area (Å²) in [6.07, 6.45) is 4.20. The van der Waals surface area contributed by atoms with E-state index in [2.05, 4.69) is 37.4 Å². The van der Waals surface area contributed by atoms with Gasteiger partial charge in [0.15, 0.2) is 0 Å². The molecule has 0 spiro atoms. The zero-order valence-electron chi connectivity index (χ0n) is 9.55. The highest BCUT2D eigenvalue weighted by Crippen LogP contribution is 2.17. The zero-order valence-corrected chi connectivity index (χ0v) is 10.3. The van der Waals surface area contributed by atoms with Gasteiger partial charge in [-0.1, -0.05) is 49.7 Å². The first-order valence-electron chi connectivity index (χ1n) is 5.25. The summed E-state index contributed by atoms with van der Waals surface area (Å²) in [6.45, 7) is 7.17. The Bertz CT molecular complexity index is 342. The molecule has 1 aromatic rings. The van der Waals surface area contributed by atoms with Gasteiger partial charge in [0.1, 0.15) is 0 Å². The lowest BCUT2D eigenvalue weighted by Crippen LogP contribution is -2.22. The van der Waals surface area contributed by atoms with E-state index in [0.717, 1.165) is 22.7 Å². The fraction of sp³-hybridized carbons (Fsp3) is 0.385. The molecule has 0 aliphatic rings. The highest BCUT2D eigenvalue weighted by molar-refractivity contribution is 6.31. The van der Waals surface area contributed by atoms with Crippen molar-refractivity contribution in [3.05, 3.63) is 40.4 Å². The minimum atomic E-state index is 0.524. The molecule has 2 heteroatoms. The van der Waals surface area contributed by atoms with Crippen LogP contribution < -0.4 is 5.32 Å². The van der Waals surface area contributed by atoms with Crippen LogP contribution in [0.5, 0.6) is 0 Å². The number of rotatable bonds is 4. The van der Waals surface area contributed by atoms with Gasteiger partial charge in [-0.2, -0.15) is 0 Å². The smallest absolute Gasteiger partial charge is 0.0441 e. The summed E-state index contributed by atoms with van der Waals surface area (Å²) in [5, 5.41) is 4.15. The normalized spacial score (nSPS) is 11.5. The monoisotopic (exact) mass is 223 g/mol. The van der Waals surface area contributed by atoms with Crippen molar-refractivity contribution in [2.24, 2.45) is 0 Å². The molecule has 0 amide bonds. The second kappa shape index (κ2) is 5.94. The van der Waals surface area contributed by atoms with Crippen LogP contribution in [0.25, 0.3) is 6.08 Å². The lowest BCUT2D eigenvalue weighted by molar-refractivity contribution is 0.633. The van der Waals surface area contributed by atoms with Gasteiger partial charge in [-0.15, -0.1) is 0 Å². The topological polar surface area (TPSA) is 12.0 Å². The number of aryl methyl sites for hydroxylation is 1. The summed E-state index contributed by atoms with van der Waals surface area (Å²) < 4.78 is 0. The van der Waals surface area contributed by atoms with Gasteiger partial charge >= 0.3 is 0 Å². The largest absolute Gasteiger partial charge is 0.311 e. The van der Waals surface area contributed by atoms with E-state index in [1.54, 1.807) is 0 Å². The molecule has 0 aliphatic heterocycles. The van der Waals surface area contributed by atoms with Gasteiger partial charge in [0, 0.05) is 17.6 Å². The van der Waals surface area contributed by atoms with Crippen molar-refractivity contribution in [2.75, 3.05) is 6.54 Å². The van der Waals surface area contributed by atoms with E-state index < -0.39 is 0 Å². The zero-order chi connectivity index (χ0) is 11.3. The lowest BCUT2D eigenvalue weighted by Gasteiger charge is -2.03. The second-order valence-electron chi connectivity index (χ2n) is 3.97. The van der Waals surface area contributed by atoms with Gasteiger partial charge < -0.3 is 5.32 Å². The molecule has 1 nitrogen and oxygen atoms in total. The minimum absolute atomic E-state index is 0.524. The van der Waals surface area contributed by atoms with Gasteiger partial charge in [-0.25, -0.2) is 0 Å². The van der Waals surface area contributed by atoms with Crippen molar-refractivity contribution in [3.8, 4) is 0 Å². The molecule has 0 aromatic heterocycles. The number of nitrogens with one attached hydrogen (secondary N) is 1. The van der Waals surface area contributed by atoms with Crippen molar-refractivity contribution in [3.63, 3.8) is 0 Å². The molecule has 0 fully saturated rings. The molecule has 0 bridgehead atoms. The molecule has 0 heterocycles. The Balaban J connectivity index is 2.53. The summed E-state index contributed by atoms with van der Waals surface area (Å²) in [5.41, 5.74) is 2.27. The average molecular weight is 224 g/mol. The molecule has 0 saturated heterocycles. The van der Waals surface area contributed by atoms with Crippen molar-refractivity contribution < 1.29 is 0 Å². The summed E-state index contributed by atoms with van der Waals surface area (Å²) in [4.78, 5) is 0. The van der Waals surface area contributed by atoms with Gasteiger partial charge in [0.2, 0.25) is 0 Å². The molecule has 0 saturated carbocycles. The van der Waals surface area contributed by atoms with Crippen LogP contribution in [0.2, 0.25) is 5.02 Å². The van der Waals surface area contributed by atoms with Gasteiger partial charge in [-0.3, -0.25) is 0 Å². The molecular weight excluding hydrogens is 206 g/mol. The van der Waals surface area contributed by atoms with Crippen LogP contribution in [0.3, 0.4) is 0 Å². The van der Waals surface area contributed by atoms with Crippen LogP contribution in [0, 0.1) is 6.92 Å². The predicted molar refractivity (Wildman–Crippen MR) is 68.4 cm³/mol. The van der Waals surface area contributed by atoms with Crippen LogP contribution >= 0.6 is 11.6 Å². The van der Waals surface area contributed by atoms with E-state index in [0.29, 0.717) is 6.04 Å². The Labute approximate surface area is 97.1 Å². The third-order valence-corrected chi connectivity index (χ3v) is 2.56. The number of halogens is 1. The first kappa shape index (κ1) is 12.3. The van der Waals surface area contributed by atoms with Gasteiger partial charge in [0.25, 0.3) is 0 Å². The van der Waals surface area contributed by atoms with Crippen LogP contribution in [-0.4, -0.2) is 12.6 Å². The minimum Gasteiger partial charge on any atom is -0.311 e. The number of hydrogen-bond donors (Lipinski definition) is 1. The molecule has 0 atom stereocenters. The van der Waals surface area contributed by atoms with Crippen molar-refractivity contribution in [1.29, 1.82) is 0 Å². The third kappa shape index (κ3) is 4.50. The first-order valence-corrected chi connectivity index (χ1v) is 5.63. The lowest BCUT2D eigenvalue weighted by atomic mass is 10.1. The fourth-order valence-corrected chi connectivity index (χ4v) is 1.40.